The van der Waals surface area contributed by atoms with Gasteiger partial charge in [-0.05, 0) is 31.2 Å². The van der Waals surface area contributed by atoms with Crippen molar-refractivity contribution in [1.82, 2.24) is 4.90 Å². The number of primary amides is 1. The lowest BCUT2D eigenvalue weighted by atomic mass is 9.66. The molecule has 1 spiro atoms. The normalized spacial score (nSPS) is 26.7. The zero-order chi connectivity index (χ0) is 17.2. The molecule has 3 rings (SSSR count). The highest BCUT2D eigenvalue weighted by Crippen LogP contribution is 2.46. The molecule has 7 heteroatoms. The molecular formula is C18H26N2O4S. The number of aliphatic hydroxyl groups is 1. The fourth-order valence-corrected chi connectivity index (χ4v) is 3.74. The molecule has 1 atom stereocenters. The van der Waals surface area contributed by atoms with Crippen LogP contribution in [0.3, 0.4) is 0 Å². The van der Waals surface area contributed by atoms with Crippen LogP contribution in [0.25, 0.3) is 0 Å². The lowest BCUT2D eigenvalue weighted by molar-refractivity contribution is -0.175. The molecule has 0 aromatic heterocycles. The maximum absolute atomic E-state index is 12.5. The van der Waals surface area contributed by atoms with Crippen LogP contribution in [0.1, 0.15) is 31.2 Å². The highest BCUT2D eigenvalue weighted by Gasteiger charge is 2.55. The zero-order valence-corrected chi connectivity index (χ0v) is 15.2. The van der Waals surface area contributed by atoms with Gasteiger partial charge in [-0.3, -0.25) is 9.59 Å². The number of nitrogens with zero attached hydrogens (tertiary/aromatic N) is 1. The van der Waals surface area contributed by atoms with Crippen LogP contribution in [-0.4, -0.2) is 47.1 Å². The van der Waals surface area contributed by atoms with Crippen molar-refractivity contribution in [2.24, 2.45) is 11.1 Å². The second-order valence-corrected chi connectivity index (χ2v) is 6.81. The van der Waals surface area contributed by atoms with Crippen molar-refractivity contribution in [1.29, 1.82) is 0 Å². The fraction of sp³-hybridized carbons (Fsp3) is 0.556. The Hall–Kier alpha value is -1.57. The first-order valence-corrected chi connectivity index (χ1v) is 8.42. The molecule has 0 unspecified atom stereocenters. The van der Waals surface area contributed by atoms with Crippen LogP contribution in [0.2, 0.25) is 0 Å². The van der Waals surface area contributed by atoms with Crippen LogP contribution in [0.5, 0.6) is 0 Å². The van der Waals surface area contributed by atoms with Crippen LogP contribution in [-0.2, 0) is 20.9 Å². The van der Waals surface area contributed by atoms with E-state index in [0.717, 1.165) is 31.2 Å². The summed E-state index contributed by atoms with van der Waals surface area (Å²) in [7, 11) is 0. The minimum Gasteiger partial charge on any atom is -0.394 e. The molecular weight excluding hydrogens is 340 g/mol. The number of likely N-dealkylation sites (tertiary alicyclic amines) is 1. The third-order valence-corrected chi connectivity index (χ3v) is 5.28. The van der Waals surface area contributed by atoms with E-state index in [2.05, 4.69) is 0 Å². The van der Waals surface area contributed by atoms with Gasteiger partial charge in [-0.1, -0.05) is 30.3 Å². The monoisotopic (exact) mass is 366 g/mol. The van der Waals surface area contributed by atoms with Crippen LogP contribution in [0.15, 0.2) is 30.3 Å². The van der Waals surface area contributed by atoms with Gasteiger partial charge in [0.1, 0.15) is 6.04 Å². The predicted molar refractivity (Wildman–Crippen MR) is 98.1 cm³/mol. The first kappa shape index (κ1) is 19.8. The maximum Gasteiger partial charge on any atom is 0.242 e. The van der Waals surface area contributed by atoms with Crippen molar-refractivity contribution < 1.29 is 19.4 Å². The summed E-state index contributed by atoms with van der Waals surface area (Å²) >= 11 is 0. The molecule has 1 heterocycles. The maximum atomic E-state index is 12.5. The molecule has 1 saturated carbocycles. The third kappa shape index (κ3) is 3.99. The topological polar surface area (TPSA) is 92.9 Å². The summed E-state index contributed by atoms with van der Waals surface area (Å²) < 4.78 is 5.96. The van der Waals surface area contributed by atoms with E-state index in [4.69, 9.17) is 10.5 Å². The Morgan fingerprint density at radius 1 is 1.32 bits per heavy atom. The molecule has 3 N–H and O–H groups in total. The summed E-state index contributed by atoms with van der Waals surface area (Å²) in [5.41, 5.74) is 6.01. The van der Waals surface area contributed by atoms with Crippen molar-refractivity contribution in [3.63, 3.8) is 0 Å². The van der Waals surface area contributed by atoms with E-state index in [9.17, 15) is 14.7 Å². The Bertz CT molecular complexity index is 602. The number of carbonyl (C=O) groups excluding carboxylic acids is 2. The van der Waals surface area contributed by atoms with E-state index in [1.54, 1.807) is 0 Å². The van der Waals surface area contributed by atoms with Gasteiger partial charge in [0, 0.05) is 6.54 Å². The number of amides is 2. The second-order valence-electron chi connectivity index (χ2n) is 6.81. The molecule has 1 aliphatic carbocycles. The van der Waals surface area contributed by atoms with Gasteiger partial charge in [-0.15, -0.1) is 0 Å². The number of ether oxygens (including phenoxy) is 1. The van der Waals surface area contributed by atoms with Gasteiger partial charge >= 0.3 is 0 Å². The number of β-lactam (4-membered cyclic amide) rings is 1. The van der Waals surface area contributed by atoms with Gasteiger partial charge < -0.3 is 20.5 Å². The van der Waals surface area contributed by atoms with Crippen molar-refractivity contribution in [3.8, 4) is 0 Å². The van der Waals surface area contributed by atoms with Gasteiger partial charge in [-0.25, -0.2) is 0 Å². The van der Waals surface area contributed by atoms with E-state index in [-0.39, 0.29) is 30.9 Å². The summed E-state index contributed by atoms with van der Waals surface area (Å²) in [6.45, 7) is 0.679. The number of benzene rings is 1. The Morgan fingerprint density at radius 2 is 1.96 bits per heavy atom. The van der Waals surface area contributed by atoms with Crippen molar-refractivity contribution in [2.45, 2.75) is 44.4 Å². The summed E-state index contributed by atoms with van der Waals surface area (Å²) in [5, 5.41) is 9.24. The van der Waals surface area contributed by atoms with Gasteiger partial charge in [-0.2, -0.15) is 13.5 Å². The highest BCUT2D eigenvalue weighted by molar-refractivity contribution is 7.59. The quantitative estimate of drug-likeness (QED) is 0.733. The van der Waals surface area contributed by atoms with Crippen LogP contribution in [0, 0.1) is 5.41 Å². The van der Waals surface area contributed by atoms with Gasteiger partial charge in [0.25, 0.3) is 0 Å². The second kappa shape index (κ2) is 8.21. The van der Waals surface area contributed by atoms with Gasteiger partial charge in [0.15, 0.2) is 0 Å². The van der Waals surface area contributed by atoms with Gasteiger partial charge in [0.2, 0.25) is 11.8 Å². The molecule has 2 aliphatic rings. The minimum absolute atomic E-state index is 0. The Morgan fingerprint density at radius 3 is 2.48 bits per heavy atom. The minimum atomic E-state index is -0.893. The summed E-state index contributed by atoms with van der Waals surface area (Å²) in [6.07, 6.45) is 3.37. The summed E-state index contributed by atoms with van der Waals surface area (Å²) in [6, 6.07) is 9.15. The molecule has 1 aliphatic heterocycles. The average Bonchev–Trinajstić information content (AvgIpc) is 2.61. The Balaban J connectivity index is 0.00000225. The van der Waals surface area contributed by atoms with Gasteiger partial charge in [0.05, 0.1) is 24.7 Å². The van der Waals surface area contributed by atoms with Crippen molar-refractivity contribution in [2.75, 3.05) is 13.2 Å². The number of nitrogens with two attached hydrogens (primary N) is 1. The molecule has 6 nitrogen and oxygen atoms in total. The number of aliphatic hydroxyl groups excluding tert-OH is 1. The van der Waals surface area contributed by atoms with Crippen molar-refractivity contribution in [3.05, 3.63) is 35.9 Å². The molecule has 0 bridgehead atoms. The standard InChI is InChI=1S/C18H24N2O4.H2S/c19-16(22)15(10-21)20-12-18(17(20)23)8-6-14(7-9-18)24-11-13-4-2-1-3-5-13;/h1-5,14-15,21H,6-12H2,(H2,19,22);1H2/t14?,15-,18?;/m0./s1. The number of rotatable bonds is 6. The van der Waals surface area contributed by atoms with E-state index in [1.807, 2.05) is 30.3 Å². The van der Waals surface area contributed by atoms with Crippen LogP contribution >= 0.6 is 13.5 Å². The molecule has 1 aromatic carbocycles. The van der Waals surface area contributed by atoms with E-state index in [1.165, 1.54) is 4.90 Å². The number of carbonyl (C=O) groups is 2. The number of hydrogen-bond donors (Lipinski definition) is 2. The Kier molecular flexibility index (Phi) is 6.48. The van der Waals surface area contributed by atoms with E-state index < -0.39 is 18.6 Å². The fourth-order valence-electron chi connectivity index (χ4n) is 3.74. The third-order valence-electron chi connectivity index (χ3n) is 5.28. The summed E-state index contributed by atoms with van der Waals surface area (Å²) in [4.78, 5) is 25.2. The highest BCUT2D eigenvalue weighted by atomic mass is 32.1. The molecule has 2 fully saturated rings. The lowest BCUT2D eigenvalue weighted by Gasteiger charge is -2.53. The average molecular weight is 366 g/mol. The molecule has 0 radical (unpaired) electrons. The molecule has 2 amide bonds. The van der Waals surface area contributed by atoms with Crippen LogP contribution < -0.4 is 5.73 Å². The molecule has 25 heavy (non-hydrogen) atoms. The summed E-state index contributed by atoms with van der Waals surface area (Å²) in [5.74, 6) is -0.706. The SMILES string of the molecule is NC(=O)[C@H](CO)N1CC2(CCC(OCc3ccccc3)CC2)C1=O.S. The lowest BCUT2D eigenvalue weighted by Crippen LogP contribution is -2.68. The molecule has 138 valence electrons. The zero-order valence-electron chi connectivity index (χ0n) is 14.2. The first-order valence-electron chi connectivity index (χ1n) is 8.42. The first-order chi connectivity index (χ1) is 11.6. The largest absolute Gasteiger partial charge is 0.394 e. The smallest absolute Gasteiger partial charge is 0.242 e. The molecule has 1 saturated heterocycles. The van der Waals surface area contributed by atoms with Crippen LogP contribution in [0.4, 0.5) is 0 Å². The number of hydrogen-bond acceptors (Lipinski definition) is 4. The Labute approximate surface area is 154 Å². The predicted octanol–water partition coefficient (Wildman–Crippen LogP) is 0.933. The van der Waals surface area contributed by atoms with E-state index >= 15 is 0 Å². The van der Waals surface area contributed by atoms with E-state index in [0.29, 0.717) is 13.2 Å². The van der Waals surface area contributed by atoms with Crippen molar-refractivity contribution >= 4 is 25.3 Å². The molecule has 1 aromatic rings.